The van der Waals surface area contributed by atoms with Crippen LogP contribution >= 0.6 is 0 Å². The first-order chi connectivity index (χ1) is 9.13. The zero-order valence-corrected chi connectivity index (χ0v) is 10.9. The molecule has 0 aliphatic heterocycles. The number of aliphatic hydroxyl groups is 1. The predicted octanol–water partition coefficient (Wildman–Crippen LogP) is 0.720. The summed E-state index contributed by atoms with van der Waals surface area (Å²) < 4.78 is 1.55. The first kappa shape index (κ1) is 13.2. The molecule has 1 N–H and O–H groups in total. The van der Waals surface area contributed by atoms with Gasteiger partial charge in [-0.1, -0.05) is 23.4 Å². The Morgan fingerprint density at radius 2 is 2.11 bits per heavy atom. The minimum atomic E-state index is -0.260. The number of likely N-dealkylation sites (N-methyl/N-ethyl adjacent to an activating group) is 1. The van der Waals surface area contributed by atoms with E-state index in [-0.39, 0.29) is 24.2 Å². The maximum absolute atomic E-state index is 12.1. The minimum absolute atomic E-state index is 0.0882. The largest absolute Gasteiger partial charge is 0.394 e. The van der Waals surface area contributed by atoms with Gasteiger partial charge in [-0.2, -0.15) is 0 Å². The van der Waals surface area contributed by atoms with Crippen LogP contribution in [-0.2, 0) is 0 Å². The summed E-state index contributed by atoms with van der Waals surface area (Å²) in [5, 5.41) is 16.9. The van der Waals surface area contributed by atoms with E-state index in [2.05, 4.69) is 10.3 Å². The molecule has 0 fully saturated rings. The van der Waals surface area contributed by atoms with Crippen LogP contribution in [0.5, 0.6) is 0 Å². The van der Waals surface area contributed by atoms with Crippen LogP contribution in [0, 0.1) is 0 Å². The molecule has 0 bridgehead atoms. The van der Waals surface area contributed by atoms with E-state index in [4.69, 9.17) is 5.11 Å². The van der Waals surface area contributed by atoms with Gasteiger partial charge in [-0.15, -0.1) is 5.10 Å². The Kier molecular flexibility index (Phi) is 3.91. The standard InChI is InChI=1S/C13H16N4O2/c1-10(9-18)16(2)13(19)12-8-17(15-14-12)11-6-4-3-5-7-11/h3-8,10,18H,9H2,1-2H3. The van der Waals surface area contributed by atoms with Gasteiger partial charge in [-0.3, -0.25) is 4.79 Å². The highest BCUT2D eigenvalue weighted by Crippen LogP contribution is 2.08. The fraction of sp³-hybridized carbons (Fsp3) is 0.308. The summed E-state index contributed by atoms with van der Waals surface area (Å²) >= 11 is 0. The summed E-state index contributed by atoms with van der Waals surface area (Å²) in [5.74, 6) is -0.260. The van der Waals surface area contributed by atoms with Gasteiger partial charge in [0.15, 0.2) is 5.69 Å². The zero-order chi connectivity index (χ0) is 13.8. The van der Waals surface area contributed by atoms with Crippen molar-refractivity contribution in [2.75, 3.05) is 13.7 Å². The molecule has 0 saturated carbocycles. The molecule has 1 unspecified atom stereocenters. The maximum Gasteiger partial charge on any atom is 0.276 e. The predicted molar refractivity (Wildman–Crippen MR) is 70.0 cm³/mol. The molecule has 0 spiro atoms. The molecule has 19 heavy (non-hydrogen) atoms. The molecule has 6 nitrogen and oxygen atoms in total. The second-order valence-corrected chi connectivity index (χ2v) is 4.33. The molecule has 2 aromatic rings. The molecular formula is C13H16N4O2. The van der Waals surface area contributed by atoms with Crippen molar-refractivity contribution in [2.24, 2.45) is 0 Å². The van der Waals surface area contributed by atoms with Crippen molar-refractivity contribution in [1.29, 1.82) is 0 Å². The molecule has 1 amide bonds. The Hall–Kier alpha value is -2.21. The van der Waals surface area contributed by atoms with Crippen LogP contribution in [0.1, 0.15) is 17.4 Å². The number of hydrogen-bond acceptors (Lipinski definition) is 4. The van der Waals surface area contributed by atoms with Crippen LogP contribution in [0.15, 0.2) is 36.5 Å². The van der Waals surface area contributed by atoms with Crippen LogP contribution in [-0.4, -0.2) is 50.6 Å². The molecule has 1 aromatic heterocycles. The smallest absolute Gasteiger partial charge is 0.276 e. The number of carbonyl (C=O) groups is 1. The summed E-state index contributed by atoms with van der Waals surface area (Å²) in [6.45, 7) is 1.68. The van der Waals surface area contributed by atoms with Gasteiger partial charge in [0.2, 0.25) is 0 Å². The summed E-state index contributed by atoms with van der Waals surface area (Å²) in [6, 6.07) is 9.18. The van der Waals surface area contributed by atoms with E-state index >= 15 is 0 Å². The lowest BCUT2D eigenvalue weighted by Gasteiger charge is -2.21. The Labute approximate surface area is 111 Å². The van der Waals surface area contributed by atoms with Gasteiger partial charge >= 0.3 is 0 Å². The number of carbonyl (C=O) groups excluding carboxylic acids is 1. The van der Waals surface area contributed by atoms with E-state index in [0.717, 1.165) is 5.69 Å². The van der Waals surface area contributed by atoms with Crippen molar-refractivity contribution in [3.05, 3.63) is 42.2 Å². The van der Waals surface area contributed by atoms with Gasteiger partial charge in [-0.05, 0) is 19.1 Å². The van der Waals surface area contributed by atoms with E-state index in [1.54, 1.807) is 24.9 Å². The van der Waals surface area contributed by atoms with Crippen molar-refractivity contribution >= 4 is 5.91 Å². The Morgan fingerprint density at radius 1 is 1.42 bits per heavy atom. The fourth-order valence-electron chi connectivity index (χ4n) is 1.57. The number of nitrogens with zero attached hydrogens (tertiary/aromatic N) is 4. The van der Waals surface area contributed by atoms with Gasteiger partial charge in [0.05, 0.1) is 24.5 Å². The molecule has 0 radical (unpaired) electrons. The number of amides is 1. The molecular weight excluding hydrogens is 244 g/mol. The lowest BCUT2D eigenvalue weighted by Crippen LogP contribution is -2.37. The quantitative estimate of drug-likeness (QED) is 0.879. The Bertz CT molecular complexity index is 553. The van der Waals surface area contributed by atoms with Crippen molar-refractivity contribution < 1.29 is 9.90 Å². The lowest BCUT2D eigenvalue weighted by atomic mass is 10.3. The van der Waals surface area contributed by atoms with E-state index in [9.17, 15) is 4.79 Å². The fourth-order valence-corrected chi connectivity index (χ4v) is 1.57. The van der Waals surface area contributed by atoms with E-state index < -0.39 is 0 Å². The van der Waals surface area contributed by atoms with E-state index in [0.29, 0.717) is 0 Å². The topological polar surface area (TPSA) is 71.2 Å². The van der Waals surface area contributed by atoms with Gasteiger partial charge < -0.3 is 10.0 Å². The summed E-state index contributed by atoms with van der Waals surface area (Å²) in [4.78, 5) is 13.5. The average molecular weight is 260 g/mol. The van der Waals surface area contributed by atoms with Gasteiger partial charge in [-0.25, -0.2) is 4.68 Å². The van der Waals surface area contributed by atoms with E-state index in [1.807, 2.05) is 30.3 Å². The third-order valence-electron chi connectivity index (χ3n) is 2.98. The Morgan fingerprint density at radius 3 is 2.74 bits per heavy atom. The van der Waals surface area contributed by atoms with Gasteiger partial charge in [0.1, 0.15) is 0 Å². The number of aliphatic hydroxyl groups excluding tert-OH is 1. The molecule has 0 saturated heterocycles. The number of benzene rings is 1. The normalized spacial score (nSPS) is 12.2. The van der Waals surface area contributed by atoms with Crippen LogP contribution in [0.4, 0.5) is 0 Å². The average Bonchev–Trinajstić information content (AvgIpc) is 2.95. The highest BCUT2D eigenvalue weighted by molar-refractivity contribution is 5.92. The lowest BCUT2D eigenvalue weighted by molar-refractivity contribution is 0.0676. The third-order valence-corrected chi connectivity index (χ3v) is 2.98. The van der Waals surface area contributed by atoms with Crippen molar-refractivity contribution in [3.8, 4) is 5.69 Å². The number of aromatic nitrogens is 3. The van der Waals surface area contributed by atoms with Crippen molar-refractivity contribution in [3.63, 3.8) is 0 Å². The molecule has 0 aliphatic carbocycles. The molecule has 2 rings (SSSR count). The van der Waals surface area contributed by atoms with Gasteiger partial charge in [0.25, 0.3) is 5.91 Å². The molecule has 1 heterocycles. The second kappa shape index (κ2) is 5.62. The van der Waals surface area contributed by atoms with Gasteiger partial charge in [0, 0.05) is 7.05 Å². The first-order valence-electron chi connectivity index (χ1n) is 5.99. The number of para-hydroxylation sites is 1. The molecule has 6 heteroatoms. The summed E-state index contributed by atoms with van der Waals surface area (Å²) in [6.07, 6.45) is 1.58. The SMILES string of the molecule is CC(CO)N(C)C(=O)c1cn(-c2ccccc2)nn1. The minimum Gasteiger partial charge on any atom is -0.394 e. The number of rotatable bonds is 4. The molecule has 1 atom stereocenters. The zero-order valence-electron chi connectivity index (χ0n) is 10.9. The maximum atomic E-state index is 12.1. The number of hydrogen-bond donors (Lipinski definition) is 1. The summed E-state index contributed by atoms with van der Waals surface area (Å²) in [5.41, 5.74) is 1.10. The molecule has 100 valence electrons. The molecule has 1 aromatic carbocycles. The van der Waals surface area contributed by atoms with Crippen molar-refractivity contribution in [2.45, 2.75) is 13.0 Å². The summed E-state index contributed by atoms with van der Waals surface area (Å²) in [7, 11) is 1.63. The monoisotopic (exact) mass is 260 g/mol. The Balaban J connectivity index is 2.20. The van der Waals surface area contributed by atoms with Crippen LogP contribution < -0.4 is 0 Å². The third kappa shape index (κ3) is 2.79. The van der Waals surface area contributed by atoms with Crippen LogP contribution in [0.3, 0.4) is 0 Å². The molecule has 0 aliphatic rings. The van der Waals surface area contributed by atoms with E-state index in [1.165, 1.54) is 4.90 Å². The second-order valence-electron chi connectivity index (χ2n) is 4.33. The van der Waals surface area contributed by atoms with Crippen LogP contribution in [0.2, 0.25) is 0 Å². The highest BCUT2D eigenvalue weighted by Gasteiger charge is 2.19. The van der Waals surface area contributed by atoms with Crippen LogP contribution in [0.25, 0.3) is 5.69 Å². The first-order valence-corrected chi connectivity index (χ1v) is 5.99. The van der Waals surface area contributed by atoms with Crippen molar-refractivity contribution in [1.82, 2.24) is 19.9 Å². The highest BCUT2D eigenvalue weighted by atomic mass is 16.3.